The van der Waals surface area contributed by atoms with Crippen molar-refractivity contribution in [3.05, 3.63) is 11.6 Å². The summed E-state index contributed by atoms with van der Waals surface area (Å²) in [6.45, 7) is 8.96. The van der Waals surface area contributed by atoms with E-state index in [1.807, 2.05) is 0 Å². The van der Waals surface area contributed by atoms with E-state index in [-0.39, 0.29) is 12.9 Å². The number of esters is 1. The van der Waals surface area contributed by atoms with Crippen LogP contribution in [0.15, 0.2) is 0 Å². The molecule has 0 aromatic carbocycles. The minimum Gasteiger partial charge on any atom is -0.461 e. The maximum atomic E-state index is 13.8. The lowest BCUT2D eigenvalue weighted by Crippen LogP contribution is -2.45. The van der Waals surface area contributed by atoms with Gasteiger partial charge in [0.25, 0.3) is 0 Å². The van der Waals surface area contributed by atoms with Crippen molar-refractivity contribution in [2.75, 3.05) is 6.79 Å². The zero-order valence-electron chi connectivity index (χ0n) is 22.0. The van der Waals surface area contributed by atoms with Gasteiger partial charge in [-0.05, 0) is 49.9 Å². The molecular weight excluding hydrogens is 444 g/mol. The molecule has 2 heterocycles. The summed E-state index contributed by atoms with van der Waals surface area (Å²) >= 11 is 0. The third kappa shape index (κ3) is 7.27. The van der Waals surface area contributed by atoms with Gasteiger partial charge in [0.2, 0.25) is 0 Å². The monoisotopic (exact) mass is 488 g/mol. The Labute approximate surface area is 210 Å². The molecule has 4 atom stereocenters. The molecule has 8 nitrogen and oxygen atoms in total. The van der Waals surface area contributed by atoms with E-state index in [9.17, 15) is 10.1 Å². The Hall–Kier alpha value is -1.98. The zero-order valence-corrected chi connectivity index (χ0v) is 22.0. The molecule has 4 unspecified atom stereocenters. The predicted molar refractivity (Wildman–Crippen MR) is 132 cm³/mol. The molecule has 1 saturated carbocycles. The Balaban J connectivity index is 1.86. The van der Waals surface area contributed by atoms with Crippen molar-refractivity contribution in [3.63, 3.8) is 0 Å². The first-order valence-corrected chi connectivity index (χ1v) is 13.8. The van der Waals surface area contributed by atoms with Crippen LogP contribution < -0.4 is 0 Å². The number of hydrogen-bond donors (Lipinski definition) is 1. The quantitative estimate of drug-likeness (QED) is 0.337. The fourth-order valence-electron chi connectivity index (χ4n) is 5.65. The molecule has 1 aliphatic carbocycles. The maximum Gasteiger partial charge on any atom is 0.318 e. The van der Waals surface area contributed by atoms with Crippen LogP contribution in [0.2, 0.25) is 0 Å². The Bertz CT molecular complexity index is 800. The minimum absolute atomic E-state index is 0.126. The number of hydrogen-bond acceptors (Lipinski definition) is 7. The van der Waals surface area contributed by atoms with Crippen LogP contribution in [0.3, 0.4) is 0 Å². The smallest absolute Gasteiger partial charge is 0.318 e. The van der Waals surface area contributed by atoms with Crippen molar-refractivity contribution in [1.29, 1.82) is 5.26 Å². The normalized spacial score (nSPS) is 26.5. The van der Waals surface area contributed by atoms with Gasteiger partial charge in [-0.2, -0.15) is 10.4 Å². The second kappa shape index (κ2) is 13.9. The predicted octanol–water partition coefficient (Wildman–Crippen LogP) is 5.66. The van der Waals surface area contributed by atoms with E-state index in [0.717, 1.165) is 70.6 Å². The lowest BCUT2D eigenvalue weighted by atomic mass is 9.70. The number of carbonyl (C=O) groups is 1. The third-order valence-corrected chi connectivity index (χ3v) is 7.57. The molecule has 1 N–H and O–H groups in total. The van der Waals surface area contributed by atoms with Gasteiger partial charge in [0.05, 0.1) is 6.07 Å². The van der Waals surface area contributed by atoms with Gasteiger partial charge in [0.15, 0.2) is 18.9 Å². The Morgan fingerprint density at radius 2 is 1.74 bits per heavy atom. The number of ether oxygens (including phenoxy) is 3. The number of aromatic nitrogens is 3. The SMILES string of the molecule is CCCCc1n[nH]c(C(C(=O)OC2C(CCCC)CC(C)CC2CCCC)C(C#N)C2OCO2)n1. The molecule has 0 bridgehead atoms. The highest BCUT2D eigenvalue weighted by Crippen LogP contribution is 2.42. The fraction of sp³-hybridized carbons (Fsp3) is 0.852. The highest BCUT2D eigenvalue weighted by Gasteiger charge is 2.46. The first-order valence-electron chi connectivity index (χ1n) is 13.8. The molecule has 0 amide bonds. The molecule has 1 saturated heterocycles. The largest absolute Gasteiger partial charge is 0.461 e. The number of nitriles is 1. The fourth-order valence-corrected chi connectivity index (χ4v) is 5.65. The molecule has 196 valence electrons. The summed E-state index contributed by atoms with van der Waals surface area (Å²) in [7, 11) is 0. The topological polar surface area (TPSA) is 110 Å². The van der Waals surface area contributed by atoms with Crippen molar-refractivity contribution in [1.82, 2.24) is 15.2 Å². The Kier molecular flexibility index (Phi) is 11.0. The van der Waals surface area contributed by atoms with Crippen LogP contribution >= 0.6 is 0 Å². The summed E-state index contributed by atoms with van der Waals surface area (Å²) in [4.78, 5) is 18.4. The zero-order chi connectivity index (χ0) is 25.2. The molecule has 35 heavy (non-hydrogen) atoms. The van der Waals surface area contributed by atoms with Gasteiger partial charge in [-0.15, -0.1) is 0 Å². The molecule has 0 radical (unpaired) electrons. The van der Waals surface area contributed by atoms with E-state index in [4.69, 9.17) is 14.2 Å². The highest BCUT2D eigenvalue weighted by molar-refractivity contribution is 5.78. The van der Waals surface area contributed by atoms with Crippen LogP contribution in [-0.2, 0) is 25.4 Å². The van der Waals surface area contributed by atoms with Crippen LogP contribution in [-0.4, -0.2) is 40.3 Å². The molecule has 2 fully saturated rings. The second-order valence-electron chi connectivity index (χ2n) is 10.5. The number of aryl methyl sites for hydroxylation is 1. The van der Waals surface area contributed by atoms with E-state index < -0.39 is 24.1 Å². The number of unbranched alkanes of at least 4 members (excludes halogenated alkanes) is 3. The summed E-state index contributed by atoms with van der Waals surface area (Å²) in [5, 5.41) is 17.2. The highest BCUT2D eigenvalue weighted by atomic mass is 16.8. The number of nitrogens with zero attached hydrogens (tertiary/aromatic N) is 3. The lowest BCUT2D eigenvalue weighted by Gasteiger charge is -2.41. The van der Waals surface area contributed by atoms with Crippen LogP contribution in [0.5, 0.6) is 0 Å². The number of aromatic amines is 1. The van der Waals surface area contributed by atoms with Crippen molar-refractivity contribution in [2.45, 2.75) is 117 Å². The summed E-state index contributed by atoms with van der Waals surface area (Å²) < 4.78 is 17.3. The van der Waals surface area contributed by atoms with Gasteiger partial charge in [-0.3, -0.25) is 9.89 Å². The van der Waals surface area contributed by atoms with Crippen LogP contribution in [0, 0.1) is 35.0 Å². The molecular formula is C27H44N4O4. The van der Waals surface area contributed by atoms with Gasteiger partial charge >= 0.3 is 5.97 Å². The number of carbonyl (C=O) groups excluding carboxylic acids is 1. The van der Waals surface area contributed by atoms with Crippen LogP contribution in [0.25, 0.3) is 0 Å². The van der Waals surface area contributed by atoms with E-state index in [1.165, 1.54) is 0 Å². The third-order valence-electron chi connectivity index (χ3n) is 7.57. The lowest BCUT2D eigenvalue weighted by molar-refractivity contribution is -0.335. The molecule has 0 spiro atoms. The molecule has 8 heteroatoms. The number of nitrogens with one attached hydrogen (secondary N) is 1. The maximum absolute atomic E-state index is 13.8. The van der Waals surface area contributed by atoms with E-state index in [1.54, 1.807) is 0 Å². The molecule has 1 aliphatic heterocycles. The minimum atomic E-state index is -0.925. The average Bonchev–Trinajstić information content (AvgIpc) is 3.28. The summed E-state index contributed by atoms with van der Waals surface area (Å²) in [5.74, 6) is 0.138. The molecule has 1 aromatic rings. The first-order chi connectivity index (χ1) is 17.0. The van der Waals surface area contributed by atoms with Crippen LogP contribution in [0.1, 0.15) is 109 Å². The van der Waals surface area contributed by atoms with Gasteiger partial charge in [0, 0.05) is 6.42 Å². The van der Waals surface area contributed by atoms with Gasteiger partial charge in [-0.1, -0.05) is 59.8 Å². The number of rotatable bonds is 14. The second-order valence-corrected chi connectivity index (χ2v) is 10.5. The van der Waals surface area contributed by atoms with Gasteiger partial charge < -0.3 is 14.2 Å². The van der Waals surface area contributed by atoms with Crippen LogP contribution in [0.4, 0.5) is 0 Å². The van der Waals surface area contributed by atoms with E-state index in [0.29, 0.717) is 29.4 Å². The van der Waals surface area contributed by atoms with Gasteiger partial charge in [0.1, 0.15) is 23.8 Å². The molecule has 1 aromatic heterocycles. The van der Waals surface area contributed by atoms with E-state index >= 15 is 0 Å². The Morgan fingerprint density at radius 3 is 2.26 bits per heavy atom. The average molecular weight is 489 g/mol. The van der Waals surface area contributed by atoms with E-state index in [2.05, 4.69) is 48.9 Å². The molecule has 2 aliphatic rings. The summed E-state index contributed by atoms with van der Waals surface area (Å²) in [5.41, 5.74) is 0. The standard InChI is InChI=1S/C27H44N4O4/c1-5-8-11-19-14-18(4)15-20(12-9-6-2)24(19)35-26(32)23(21(16-28)27-33-17-34-27)25-29-22(30-31-25)13-10-7-3/h18-21,23-24,27H,5-15,17H2,1-4H3,(H,29,30,31). The van der Waals surface area contributed by atoms with Crippen molar-refractivity contribution >= 4 is 5.97 Å². The van der Waals surface area contributed by atoms with Crippen molar-refractivity contribution < 1.29 is 19.0 Å². The first kappa shape index (κ1) is 27.6. The van der Waals surface area contributed by atoms with Crippen molar-refractivity contribution in [3.8, 4) is 6.07 Å². The summed E-state index contributed by atoms with van der Waals surface area (Å²) in [6.07, 6.45) is 10.6. The number of H-pyrrole nitrogens is 1. The Morgan fingerprint density at radius 1 is 1.11 bits per heavy atom. The van der Waals surface area contributed by atoms with Crippen molar-refractivity contribution in [2.24, 2.45) is 23.7 Å². The van der Waals surface area contributed by atoms with Gasteiger partial charge in [-0.25, -0.2) is 4.98 Å². The summed E-state index contributed by atoms with van der Waals surface area (Å²) in [6, 6.07) is 2.23. The molecule has 3 rings (SSSR count).